The van der Waals surface area contributed by atoms with Crippen LogP contribution in [0.2, 0.25) is 5.28 Å². The van der Waals surface area contributed by atoms with Gasteiger partial charge in [-0.15, -0.1) is 0 Å². The topological polar surface area (TPSA) is 64.9 Å². The molecule has 0 aromatic carbocycles. The van der Waals surface area contributed by atoms with E-state index in [9.17, 15) is 0 Å². The average molecular weight is 268 g/mol. The normalized spacial score (nSPS) is 10.4. The Hall–Kier alpha value is -1.82. The van der Waals surface area contributed by atoms with Crippen molar-refractivity contribution in [3.8, 4) is 5.88 Å². The first kappa shape index (κ1) is 12.6. The molecule has 0 unspecified atom stereocenters. The summed E-state index contributed by atoms with van der Waals surface area (Å²) in [7, 11) is 3.44. The fraction of sp³-hybridized carbons (Fsp3) is 0.364. The number of hydrogen-bond acceptors (Lipinski definition) is 5. The van der Waals surface area contributed by atoms with Crippen molar-refractivity contribution in [3.05, 3.63) is 28.8 Å². The van der Waals surface area contributed by atoms with E-state index in [4.69, 9.17) is 16.3 Å². The summed E-state index contributed by atoms with van der Waals surface area (Å²) >= 11 is 5.75. The van der Waals surface area contributed by atoms with Gasteiger partial charge in [0.1, 0.15) is 5.82 Å². The SMILES string of the molecule is COc1cc(CNc2nc(Cl)ncc2C)nn1C. The van der Waals surface area contributed by atoms with E-state index >= 15 is 0 Å². The van der Waals surface area contributed by atoms with E-state index in [1.54, 1.807) is 18.0 Å². The molecule has 2 aromatic heterocycles. The Morgan fingerprint density at radius 1 is 1.50 bits per heavy atom. The van der Waals surface area contributed by atoms with Gasteiger partial charge in [0.15, 0.2) is 0 Å². The largest absolute Gasteiger partial charge is 0.481 e. The van der Waals surface area contributed by atoms with Gasteiger partial charge in [-0.05, 0) is 18.5 Å². The molecular weight excluding hydrogens is 254 g/mol. The van der Waals surface area contributed by atoms with E-state index < -0.39 is 0 Å². The molecule has 0 atom stereocenters. The molecule has 2 heterocycles. The molecule has 0 aliphatic rings. The van der Waals surface area contributed by atoms with Gasteiger partial charge in [0, 0.05) is 24.9 Å². The number of nitrogens with one attached hydrogen (secondary N) is 1. The van der Waals surface area contributed by atoms with Crippen LogP contribution in [0.15, 0.2) is 12.3 Å². The van der Waals surface area contributed by atoms with Gasteiger partial charge < -0.3 is 10.1 Å². The number of aryl methyl sites for hydroxylation is 2. The van der Waals surface area contributed by atoms with Gasteiger partial charge in [-0.3, -0.25) is 0 Å². The number of rotatable bonds is 4. The van der Waals surface area contributed by atoms with Crippen molar-refractivity contribution >= 4 is 17.4 Å². The lowest BCUT2D eigenvalue weighted by Gasteiger charge is -2.06. The molecule has 7 heteroatoms. The fourth-order valence-electron chi connectivity index (χ4n) is 1.56. The van der Waals surface area contributed by atoms with Crippen LogP contribution in [0, 0.1) is 6.92 Å². The van der Waals surface area contributed by atoms with Gasteiger partial charge in [0.2, 0.25) is 11.2 Å². The zero-order valence-corrected chi connectivity index (χ0v) is 11.2. The molecular formula is C11H14ClN5O. The molecule has 96 valence electrons. The first-order valence-electron chi connectivity index (χ1n) is 5.40. The summed E-state index contributed by atoms with van der Waals surface area (Å²) in [6.07, 6.45) is 1.68. The van der Waals surface area contributed by atoms with Gasteiger partial charge >= 0.3 is 0 Å². The third-order valence-electron chi connectivity index (χ3n) is 2.48. The quantitative estimate of drug-likeness (QED) is 0.856. The standard InChI is InChI=1S/C11H14ClN5O/c1-7-5-14-11(12)15-10(7)13-6-8-4-9(18-3)17(2)16-8/h4-5H,6H2,1-3H3,(H,13,14,15). The predicted octanol–water partition coefficient (Wildman–Crippen LogP) is 1.79. The lowest BCUT2D eigenvalue weighted by molar-refractivity contribution is 0.373. The molecule has 6 nitrogen and oxygen atoms in total. The minimum absolute atomic E-state index is 0.224. The molecule has 1 N–H and O–H groups in total. The van der Waals surface area contributed by atoms with Crippen LogP contribution in [-0.4, -0.2) is 26.9 Å². The summed E-state index contributed by atoms with van der Waals surface area (Å²) in [6.45, 7) is 2.46. The summed E-state index contributed by atoms with van der Waals surface area (Å²) in [5.41, 5.74) is 1.80. The highest BCUT2D eigenvalue weighted by atomic mass is 35.5. The van der Waals surface area contributed by atoms with Gasteiger partial charge in [-0.2, -0.15) is 5.10 Å². The van der Waals surface area contributed by atoms with E-state index in [2.05, 4.69) is 20.4 Å². The summed E-state index contributed by atoms with van der Waals surface area (Å²) in [4.78, 5) is 8.01. The number of methoxy groups -OCH3 is 1. The van der Waals surface area contributed by atoms with Crippen LogP contribution in [0.5, 0.6) is 5.88 Å². The van der Waals surface area contributed by atoms with Crippen LogP contribution < -0.4 is 10.1 Å². The highest BCUT2D eigenvalue weighted by molar-refractivity contribution is 6.28. The molecule has 0 aliphatic carbocycles. The Morgan fingerprint density at radius 2 is 2.28 bits per heavy atom. The minimum Gasteiger partial charge on any atom is -0.481 e. The molecule has 0 fully saturated rings. The molecule has 0 radical (unpaired) electrons. The van der Waals surface area contributed by atoms with Crippen LogP contribution in [-0.2, 0) is 13.6 Å². The van der Waals surface area contributed by atoms with Crippen molar-refractivity contribution in [3.63, 3.8) is 0 Å². The smallest absolute Gasteiger partial charge is 0.224 e. The van der Waals surface area contributed by atoms with Crippen LogP contribution >= 0.6 is 11.6 Å². The van der Waals surface area contributed by atoms with Gasteiger partial charge in [0.05, 0.1) is 19.3 Å². The highest BCUT2D eigenvalue weighted by Crippen LogP contribution is 2.15. The summed E-state index contributed by atoms with van der Waals surface area (Å²) in [5.74, 6) is 1.42. The Balaban J connectivity index is 2.08. The van der Waals surface area contributed by atoms with Crippen molar-refractivity contribution in [2.24, 2.45) is 7.05 Å². The van der Waals surface area contributed by atoms with Gasteiger partial charge in [-0.1, -0.05) is 0 Å². The zero-order chi connectivity index (χ0) is 13.1. The van der Waals surface area contributed by atoms with Crippen LogP contribution in [0.1, 0.15) is 11.3 Å². The minimum atomic E-state index is 0.224. The van der Waals surface area contributed by atoms with Crippen LogP contribution in [0.4, 0.5) is 5.82 Å². The zero-order valence-electron chi connectivity index (χ0n) is 10.4. The summed E-state index contributed by atoms with van der Waals surface area (Å²) < 4.78 is 6.82. The molecule has 0 saturated carbocycles. The number of aromatic nitrogens is 4. The summed E-state index contributed by atoms with van der Waals surface area (Å²) in [5, 5.41) is 7.69. The average Bonchev–Trinajstić information content (AvgIpc) is 2.71. The maximum Gasteiger partial charge on any atom is 0.224 e. The maximum absolute atomic E-state index is 5.75. The molecule has 0 aliphatic heterocycles. The Bertz CT molecular complexity index is 554. The number of nitrogens with zero attached hydrogens (tertiary/aromatic N) is 4. The molecule has 0 amide bonds. The lowest BCUT2D eigenvalue weighted by Crippen LogP contribution is -2.05. The van der Waals surface area contributed by atoms with Crippen molar-refractivity contribution < 1.29 is 4.74 Å². The summed E-state index contributed by atoms with van der Waals surface area (Å²) in [6, 6.07) is 1.87. The fourth-order valence-corrected chi connectivity index (χ4v) is 1.69. The molecule has 2 rings (SSSR count). The van der Waals surface area contributed by atoms with Gasteiger partial charge in [0.25, 0.3) is 0 Å². The first-order valence-corrected chi connectivity index (χ1v) is 5.78. The monoisotopic (exact) mass is 267 g/mol. The number of ether oxygens (including phenoxy) is 1. The molecule has 2 aromatic rings. The number of halogens is 1. The second-order valence-corrected chi connectivity index (χ2v) is 4.16. The lowest BCUT2D eigenvalue weighted by atomic mass is 10.3. The third-order valence-corrected chi connectivity index (χ3v) is 2.66. The first-order chi connectivity index (χ1) is 8.60. The van der Waals surface area contributed by atoms with E-state index in [0.717, 1.165) is 11.3 Å². The van der Waals surface area contributed by atoms with Crippen LogP contribution in [0.25, 0.3) is 0 Å². The van der Waals surface area contributed by atoms with Crippen molar-refractivity contribution in [2.75, 3.05) is 12.4 Å². The van der Waals surface area contributed by atoms with Crippen molar-refractivity contribution in [1.29, 1.82) is 0 Å². The number of anilines is 1. The molecule has 18 heavy (non-hydrogen) atoms. The number of hydrogen-bond donors (Lipinski definition) is 1. The van der Waals surface area contributed by atoms with E-state index in [1.165, 1.54) is 0 Å². The van der Waals surface area contributed by atoms with E-state index in [0.29, 0.717) is 18.2 Å². The van der Waals surface area contributed by atoms with Crippen molar-refractivity contribution in [1.82, 2.24) is 19.7 Å². The maximum atomic E-state index is 5.75. The third kappa shape index (κ3) is 2.70. The Morgan fingerprint density at radius 3 is 2.94 bits per heavy atom. The highest BCUT2D eigenvalue weighted by Gasteiger charge is 2.06. The molecule has 0 bridgehead atoms. The second kappa shape index (κ2) is 5.22. The van der Waals surface area contributed by atoms with Gasteiger partial charge in [-0.25, -0.2) is 14.6 Å². The van der Waals surface area contributed by atoms with Crippen molar-refractivity contribution in [2.45, 2.75) is 13.5 Å². The Kier molecular flexibility index (Phi) is 3.66. The predicted molar refractivity (Wildman–Crippen MR) is 68.9 cm³/mol. The molecule has 0 saturated heterocycles. The Labute approximate surface area is 110 Å². The van der Waals surface area contributed by atoms with Crippen LogP contribution in [0.3, 0.4) is 0 Å². The van der Waals surface area contributed by atoms with E-state index in [1.807, 2.05) is 20.0 Å². The second-order valence-electron chi connectivity index (χ2n) is 3.83. The molecule has 0 spiro atoms. The van der Waals surface area contributed by atoms with E-state index in [-0.39, 0.29) is 5.28 Å².